The third kappa shape index (κ3) is 6.70. The number of nitrogens with zero attached hydrogens (tertiary/aromatic N) is 5. The van der Waals surface area contributed by atoms with Gasteiger partial charge in [-0.05, 0) is 70.0 Å². The molecule has 184 valence electrons. The fourth-order valence-corrected chi connectivity index (χ4v) is 5.77. The molecule has 0 aromatic carbocycles. The second-order valence-corrected chi connectivity index (χ2v) is 11.2. The van der Waals surface area contributed by atoms with Gasteiger partial charge < -0.3 is 10.2 Å². The molecule has 1 fully saturated rings. The molecule has 8 nitrogen and oxygen atoms in total. The molecule has 4 rings (SSSR count). The third-order valence-electron chi connectivity index (χ3n) is 6.41. The van der Waals surface area contributed by atoms with Crippen LogP contribution in [0.15, 0.2) is 54.1 Å². The van der Waals surface area contributed by atoms with Gasteiger partial charge in [0.25, 0.3) is 0 Å². The summed E-state index contributed by atoms with van der Waals surface area (Å²) in [4.78, 5) is 19.7. The first kappa shape index (κ1) is 24.9. The van der Waals surface area contributed by atoms with Gasteiger partial charge in [-0.2, -0.15) is 0 Å². The molecular weight excluding hydrogens is 460 g/mol. The highest BCUT2D eigenvalue weighted by Crippen LogP contribution is 2.23. The molecule has 1 aliphatic rings. The molecule has 1 aliphatic carbocycles. The van der Waals surface area contributed by atoms with Gasteiger partial charge in [0.2, 0.25) is 5.95 Å². The van der Waals surface area contributed by atoms with Crippen molar-refractivity contribution in [2.45, 2.75) is 55.3 Å². The second kappa shape index (κ2) is 11.0. The zero-order valence-electron chi connectivity index (χ0n) is 20.4. The van der Waals surface area contributed by atoms with Crippen molar-refractivity contribution in [3.05, 3.63) is 71.6 Å². The van der Waals surface area contributed by atoms with Gasteiger partial charge in [-0.25, -0.2) is 18.4 Å². The fourth-order valence-electron chi connectivity index (χ4n) is 4.28. The normalized spacial score (nSPS) is 18.7. The summed E-state index contributed by atoms with van der Waals surface area (Å²) in [5, 5.41) is 3.45. The predicted molar refractivity (Wildman–Crippen MR) is 138 cm³/mol. The molecule has 0 atom stereocenters. The van der Waals surface area contributed by atoms with E-state index in [1.54, 1.807) is 43.8 Å². The molecule has 0 amide bonds. The Morgan fingerprint density at radius 3 is 2.26 bits per heavy atom. The first-order chi connectivity index (χ1) is 16.8. The Kier molecular flexibility index (Phi) is 7.87. The molecule has 3 heterocycles. The quantitative estimate of drug-likeness (QED) is 0.503. The lowest BCUT2D eigenvalue weighted by molar-refractivity contribution is 0.221. The summed E-state index contributed by atoms with van der Waals surface area (Å²) < 4.78 is 25.4. The van der Waals surface area contributed by atoms with Gasteiger partial charge in [0.1, 0.15) is 0 Å². The summed E-state index contributed by atoms with van der Waals surface area (Å²) in [6.07, 6.45) is 16.7. The number of aryl methyl sites for hydroxylation is 1. The Hall–Kier alpha value is -3.17. The van der Waals surface area contributed by atoms with Crippen molar-refractivity contribution in [2.24, 2.45) is 0 Å². The highest BCUT2D eigenvalue weighted by molar-refractivity contribution is 7.90. The lowest BCUT2D eigenvalue weighted by Gasteiger charge is -2.32. The van der Waals surface area contributed by atoms with Crippen LogP contribution < -0.4 is 5.32 Å². The van der Waals surface area contributed by atoms with E-state index in [2.05, 4.69) is 44.2 Å². The van der Waals surface area contributed by atoms with Gasteiger partial charge >= 0.3 is 0 Å². The fraction of sp³-hybridized carbons (Fsp3) is 0.385. The molecule has 0 bridgehead atoms. The molecule has 0 saturated heterocycles. The number of hydrogen-bond donors (Lipinski definition) is 1. The Morgan fingerprint density at radius 1 is 0.943 bits per heavy atom. The first-order valence-electron chi connectivity index (χ1n) is 11.8. The van der Waals surface area contributed by atoms with Crippen LogP contribution in [0.2, 0.25) is 0 Å². The number of aromatic nitrogens is 4. The van der Waals surface area contributed by atoms with E-state index in [-0.39, 0.29) is 10.6 Å². The van der Waals surface area contributed by atoms with E-state index in [4.69, 9.17) is 0 Å². The van der Waals surface area contributed by atoms with Gasteiger partial charge in [0, 0.05) is 48.6 Å². The van der Waals surface area contributed by atoms with E-state index in [0.717, 1.165) is 24.0 Å². The minimum atomic E-state index is -3.50. The van der Waals surface area contributed by atoms with Crippen LogP contribution >= 0.6 is 0 Å². The lowest BCUT2D eigenvalue weighted by Crippen LogP contribution is -2.36. The molecular formula is C26H32N6O2S. The average Bonchev–Trinajstić information content (AvgIpc) is 2.85. The van der Waals surface area contributed by atoms with Gasteiger partial charge in [-0.1, -0.05) is 18.2 Å². The maximum atomic E-state index is 12.7. The smallest absolute Gasteiger partial charge is 0.222 e. The van der Waals surface area contributed by atoms with E-state index in [1.807, 2.05) is 18.2 Å². The summed E-state index contributed by atoms with van der Waals surface area (Å²) in [6, 6.07) is 6.36. The average molecular weight is 493 g/mol. The van der Waals surface area contributed by atoms with Crippen molar-refractivity contribution < 1.29 is 8.42 Å². The molecule has 35 heavy (non-hydrogen) atoms. The van der Waals surface area contributed by atoms with Gasteiger partial charge in [-0.3, -0.25) is 9.97 Å². The van der Waals surface area contributed by atoms with Crippen molar-refractivity contribution >= 4 is 27.9 Å². The molecule has 0 aliphatic heterocycles. The largest absolute Gasteiger partial charge is 0.351 e. The summed E-state index contributed by atoms with van der Waals surface area (Å²) in [6.45, 7) is 1.76. The van der Waals surface area contributed by atoms with Crippen molar-refractivity contribution in [1.29, 1.82) is 0 Å². The summed E-state index contributed by atoms with van der Waals surface area (Å²) in [7, 11) is 0.791. The third-order valence-corrected chi connectivity index (χ3v) is 8.19. The van der Waals surface area contributed by atoms with Crippen LogP contribution in [0.3, 0.4) is 0 Å². The molecule has 3 aromatic heterocycles. The number of sulfone groups is 1. The molecule has 1 N–H and O–H groups in total. The van der Waals surface area contributed by atoms with Crippen LogP contribution in [0.4, 0.5) is 5.95 Å². The van der Waals surface area contributed by atoms with Crippen molar-refractivity contribution in [3.8, 4) is 0 Å². The number of nitrogens with one attached hydrogen (secondary N) is 1. The standard InChI is InChI=1S/C26H32N6O2S/c1-19-12-13-27-17-25(19)35(33,34)18-23-7-6-20(14-28-23)4-5-21-15-29-26(30-16-21)31-22-8-10-24(11-9-22)32(2)3/h4-7,12-17,22,24H,8-11,18H2,1-3H3,(H,29,30,31)/b5-4+. The van der Waals surface area contributed by atoms with Crippen molar-refractivity contribution in [3.63, 3.8) is 0 Å². The Bertz CT molecular complexity index is 1250. The van der Waals surface area contributed by atoms with Crippen LogP contribution in [-0.4, -0.2) is 59.4 Å². The minimum absolute atomic E-state index is 0.164. The summed E-state index contributed by atoms with van der Waals surface area (Å²) in [5.74, 6) is 0.495. The Morgan fingerprint density at radius 2 is 1.63 bits per heavy atom. The molecule has 0 radical (unpaired) electrons. The molecule has 0 unspecified atom stereocenters. The monoisotopic (exact) mass is 492 g/mol. The van der Waals surface area contributed by atoms with E-state index in [1.165, 1.54) is 19.0 Å². The van der Waals surface area contributed by atoms with E-state index < -0.39 is 9.84 Å². The zero-order chi connectivity index (χ0) is 24.8. The number of anilines is 1. The van der Waals surface area contributed by atoms with Crippen LogP contribution in [0.25, 0.3) is 12.2 Å². The van der Waals surface area contributed by atoms with Crippen molar-refractivity contribution in [1.82, 2.24) is 24.8 Å². The van der Waals surface area contributed by atoms with Crippen LogP contribution in [0.5, 0.6) is 0 Å². The van der Waals surface area contributed by atoms with Crippen LogP contribution in [0.1, 0.15) is 48.1 Å². The highest BCUT2D eigenvalue weighted by Gasteiger charge is 2.22. The van der Waals surface area contributed by atoms with Crippen molar-refractivity contribution in [2.75, 3.05) is 19.4 Å². The lowest BCUT2D eigenvalue weighted by atomic mass is 9.91. The zero-order valence-corrected chi connectivity index (χ0v) is 21.2. The predicted octanol–water partition coefficient (Wildman–Crippen LogP) is 4.00. The van der Waals surface area contributed by atoms with Gasteiger partial charge in [0.15, 0.2) is 9.84 Å². The molecule has 1 saturated carbocycles. The van der Waals surface area contributed by atoms with Gasteiger partial charge in [0.05, 0.1) is 16.3 Å². The van der Waals surface area contributed by atoms with Gasteiger partial charge in [-0.15, -0.1) is 0 Å². The SMILES string of the molecule is Cc1ccncc1S(=O)(=O)Cc1ccc(/C=C/c2cnc(NC3CCC(N(C)C)CC3)nc2)cn1. The second-order valence-electron chi connectivity index (χ2n) is 9.27. The molecule has 0 spiro atoms. The Balaban J connectivity index is 1.32. The van der Waals surface area contributed by atoms with E-state index in [0.29, 0.717) is 29.3 Å². The molecule has 9 heteroatoms. The Labute approximate surface area is 207 Å². The van der Waals surface area contributed by atoms with E-state index >= 15 is 0 Å². The number of hydrogen-bond acceptors (Lipinski definition) is 8. The highest BCUT2D eigenvalue weighted by atomic mass is 32.2. The summed E-state index contributed by atoms with van der Waals surface area (Å²) >= 11 is 0. The van der Waals surface area contributed by atoms with E-state index in [9.17, 15) is 8.42 Å². The maximum absolute atomic E-state index is 12.7. The number of pyridine rings is 2. The minimum Gasteiger partial charge on any atom is -0.351 e. The first-order valence-corrected chi connectivity index (χ1v) is 13.5. The maximum Gasteiger partial charge on any atom is 0.222 e. The molecule has 3 aromatic rings. The van der Waals surface area contributed by atoms with Crippen LogP contribution in [0, 0.1) is 6.92 Å². The topological polar surface area (TPSA) is 101 Å². The number of rotatable bonds is 8. The summed E-state index contributed by atoms with van der Waals surface area (Å²) in [5.41, 5.74) is 2.91. The van der Waals surface area contributed by atoms with Crippen LogP contribution in [-0.2, 0) is 15.6 Å².